The molecule has 1 saturated carbocycles. The van der Waals surface area contributed by atoms with Gasteiger partial charge >= 0.3 is 0 Å². The van der Waals surface area contributed by atoms with Crippen molar-refractivity contribution in [3.05, 3.63) is 30.3 Å². The van der Waals surface area contributed by atoms with Gasteiger partial charge in [-0.3, -0.25) is 14.4 Å². The predicted molar refractivity (Wildman–Crippen MR) is 104 cm³/mol. The zero-order chi connectivity index (χ0) is 19.4. The minimum Gasteiger partial charge on any atom is -0.339 e. The van der Waals surface area contributed by atoms with Gasteiger partial charge < -0.3 is 14.7 Å². The highest BCUT2D eigenvalue weighted by Crippen LogP contribution is 2.32. The smallest absolute Gasteiger partial charge is 0.229 e. The van der Waals surface area contributed by atoms with Crippen LogP contribution in [0.1, 0.15) is 32.6 Å². The van der Waals surface area contributed by atoms with E-state index in [-0.39, 0.29) is 29.6 Å². The van der Waals surface area contributed by atoms with Gasteiger partial charge in [0.25, 0.3) is 0 Å². The second-order valence-electron chi connectivity index (χ2n) is 7.61. The predicted octanol–water partition coefficient (Wildman–Crippen LogP) is 2.15. The lowest BCUT2D eigenvalue weighted by atomic mass is 9.80. The Morgan fingerprint density at radius 2 is 1.37 bits per heavy atom. The lowest BCUT2D eigenvalue weighted by Gasteiger charge is -2.37. The van der Waals surface area contributed by atoms with E-state index in [0.717, 1.165) is 31.4 Å². The molecular formula is C21H29N3O3. The number of piperazine rings is 1. The summed E-state index contributed by atoms with van der Waals surface area (Å²) in [5.41, 5.74) is 0.907. The third-order valence-corrected chi connectivity index (χ3v) is 5.94. The van der Waals surface area contributed by atoms with Crippen molar-refractivity contribution in [1.82, 2.24) is 9.80 Å². The highest BCUT2D eigenvalue weighted by Gasteiger charge is 2.34. The number of carbonyl (C=O) groups excluding carboxylic acids is 3. The molecule has 27 heavy (non-hydrogen) atoms. The number of carbonyl (C=O) groups is 3. The molecule has 1 aliphatic heterocycles. The van der Waals surface area contributed by atoms with Gasteiger partial charge in [-0.1, -0.05) is 18.2 Å². The first-order chi connectivity index (χ1) is 13.0. The van der Waals surface area contributed by atoms with Crippen LogP contribution in [0.3, 0.4) is 0 Å². The molecule has 3 amide bonds. The van der Waals surface area contributed by atoms with Crippen molar-refractivity contribution in [3.8, 4) is 0 Å². The first kappa shape index (κ1) is 19.4. The lowest BCUT2D eigenvalue weighted by Crippen LogP contribution is -2.51. The van der Waals surface area contributed by atoms with E-state index < -0.39 is 0 Å². The van der Waals surface area contributed by atoms with Crippen LogP contribution in [-0.4, -0.2) is 60.7 Å². The van der Waals surface area contributed by atoms with Gasteiger partial charge in [0.2, 0.25) is 17.7 Å². The summed E-state index contributed by atoms with van der Waals surface area (Å²) in [6, 6.07) is 9.68. The van der Waals surface area contributed by atoms with Gasteiger partial charge in [0, 0.05) is 57.7 Å². The largest absolute Gasteiger partial charge is 0.339 e. The molecule has 0 atom stereocenters. The summed E-state index contributed by atoms with van der Waals surface area (Å²) < 4.78 is 0. The van der Waals surface area contributed by atoms with Crippen molar-refractivity contribution >= 4 is 23.4 Å². The number of hydrogen-bond acceptors (Lipinski definition) is 3. The maximum absolute atomic E-state index is 12.8. The monoisotopic (exact) mass is 371 g/mol. The number of benzene rings is 1. The topological polar surface area (TPSA) is 60.9 Å². The Hall–Kier alpha value is -2.37. The van der Waals surface area contributed by atoms with Gasteiger partial charge in [0.05, 0.1) is 0 Å². The molecule has 6 nitrogen and oxygen atoms in total. The molecule has 0 aromatic heterocycles. The highest BCUT2D eigenvalue weighted by molar-refractivity contribution is 5.94. The Morgan fingerprint density at radius 3 is 1.93 bits per heavy atom. The van der Waals surface area contributed by atoms with E-state index in [9.17, 15) is 14.4 Å². The summed E-state index contributed by atoms with van der Waals surface area (Å²) >= 11 is 0. The van der Waals surface area contributed by atoms with Gasteiger partial charge in [0.15, 0.2) is 0 Å². The van der Waals surface area contributed by atoms with Crippen LogP contribution in [0.5, 0.6) is 0 Å². The number of rotatable bonds is 3. The average molecular weight is 371 g/mol. The van der Waals surface area contributed by atoms with Crippen molar-refractivity contribution in [1.29, 1.82) is 0 Å². The Morgan fingerprint density at radius 1 is 0.852 bits per heavy atom. The maximum atomic E-state index is 12.8. The molecule has 3 rings (SSSR count). The normalized spacial score (nSPS) is 23.0. The number of anilines is 1. The molecule has 0 unspecified atom stereocenters. The third-order valence-electron chi connectivity index (χ3n) is 5.94. The zero-order valence-corrected chi connectivity index (χ0v) is 16.3. The first-order valence-electron chi connectivity index (χ1n) is 9.84. The van der Waals surface area contributed by atoms with E-state index >= 15 is 0 Å². The summed E-state index contributed by atoms with van der Waals surface area (Å²) in [4.78, 5) is 42.4. The van der Waals surface area contributed by atoms with Crippen LogP contribution in [0, 0.1) is 11.8 Å². The van der Waals surface area contributed by atoms with E-state index in [1.807, 2.05) is 42.3 Å². The number of para-hydroxylation sites is 1. The maximum Gasteiger partial charge on any atom is 0.229 e. The van der Waals surface area contributed by atoms with Crippen LogP contribution in [0.4, 0.5) is 5.69 Å². The van der Waals surface area contributed by atoms with Crippen molar-refractivity contribution < 1.29 is 14.4 Å². The van der Waals surface area contributed by atoms with Gasteiger partial charge in [-0.25, -0.2) is 0 Å². The van der Waals surface area contributed by atoms with E-state index in [2.05, 4.69) is 0 Å². The Bertz CT molecular complexity index is 675. The van der Waals surface area contributed by atoms with Gasteiger partial charge in [-0.15, -0.1) is 0 Å². The molecule has 1 aromatic carbocycles. The molecular weight excluding hydrogens is 342 g/mol. The minimum absolute atomic E-state index is 0.00573. The third kappa shape index (κ3) is 4.49. The molecule has 0 N–H and O–H groups in total. The molecule has 2 aliphatic rings. The molecule has 1 heterocycles. The van der Waals surface area contributed by atoms with Crippen LogP contribution < -0.4 is 4.90 Å². The second-order valence-corrected chi connectivity index (χ2v) is 7.61. The molecule has 0 radical (unpaired) electrons. The van der Waals surface area contributed by atoms with Crippen LogP contribution in [0.25, 0.3) is 0 Å². The minimum atomic E-state index is -0.00573. The van der Waals surface area contributed by atoms with Gasteiger partial charge in [-0.2, -0.15) is 0 Å². The molecule has 0 bridgehead atoms. The summed E-state index contributed by atoms with van der Waals surface area (Å²) in [6.45, 7) is 4.05. The molecule has 0 spiro atoms. The van der Waals surface area contributed by atoms with E-state index in [4.69, 9.17) is 0 Å². The van der Waals surface area contributed by atoms with Crippen LogP contribution in [0.15, 0.2) is 30.3 Å². The molecule has 1 aliphatic carbocycles. The Balaban J connectivity index is 1.49. The van der Waals surface area contributed by atoms with Crippen molar-refractivity contribution in [3.63, 3.8) is 0 Å². The lowest BCUT2D eigenvalue weighted by molar-refractivity contribution is -0.142. The van der Waals surface area contributed by atoms with Crippen molar-refractivity contribution in [2.45, 2.75) is 32.6 Å². The van der Waals surface area contributed by atoms with Gasteiger partial charge in [0.1, 0.15) is 0 Å². The van der Waals surface area contributed by atoms with E-state index in [1.165, 1.54) is 0 Å². The Kier molecular flexibility index (Phi) is 6.14. The van der Waals surface area contributed by atoms with Crippen LogP contribution in [0.2, 0.25) is 0 Å². The summed E-state index contributed by atoms with van der Waals surface area (Å²) in [6.07, 6.45) is 3.06. The number of nitrogens with zero attached hydrogens (tertiary/aromatic N) is 3. The highest BCUT2D eigenvalue weighted by atomic mass is 16.2. The van der Waals surface area contributed by atoms with Crippen molar-refractivity contribution in [2.24, 2.45) is 11.8 Å². The number of hydrogen-bond donors (Lipinski definition) is 0. The van der Waals surface area contributed by atoms with E-state index in [0.29, 0.717) is 26.2 Å². The van der Waals surface area contributed by atoms with Crippen LogP contribution >= 0.6 is 0 Å². The van der Waals surface area contributed by atoms with Gasteiger partial charge in [-0.05, 0) is 37.8 Å². The number of amides is 3. The fraction of sp³-hybridized carbons (Fsp3) is 0.571. The SMILES string of the molecule is CC(=O)N1CCN(C(=O)C2CCC(C(=O)N(C)c3ccccc3)CC2)CC1. The van der Waals surface area contributed by atoms with Crippen molar-refractivity contribution in [2.75, 3.05) is 38.1 Å². The molecule has 6 heteroatoms. The zero-order valence-electron chi connectivity index (χ0n) is 16.3. The summed E-state index contributed by atoms with van der Waals surface area (Å²) in [5.74, 6) is 0.417. The summed E-state index contributed by atoms with van der Waals surface area (Å²) in [5, 5.41) is 0. The standard InChI is InChI=1S/C21H29N3O3/c1-16(25)23-12-14-24(15-13-23)21(27)18-10-8-17(9-11-18)20(26)22(2)19-6-4-3-5-7-19/h3-7,17-18H,8-15H2,1-2H3. The second kappa shape index (κ2) is 8.55. The average Bonchev–Trinajstić information content (AvgIpc) is 2.73. The molecule has 2 fully saturated rings. The quantitative estimate of drug-likeness (QED) is 0.818. The molecule has 1 saturated heterocycles. The molecule has 1 aromatic rings. The van der Waals surface area contributed by atoms with E-state index in [1.54, 1.807) is 16.7 Å². The first-order valence-corrected chi connectivity index (χ1v) is 9.84. The fourth-order valence-corrected chi connectivity index (χ4v) is 4.14. The summed E-state index contributed by atoms with van der Waals surface area (Å²) in [7, 11) is 1.82. The molecule has 146 valence electrons. The Labute approximate surface area is 161 Å². The van der Waals surface area contributed by atoms with Crippen LogP contribution in [-0.2, 0) is 14.4 Å². The fourth-order valence-electron chi connectivity index (χ4n) is 4.14.